The van der Waals surface area contributed by atoms with Gasteiger partial charge in [-0.3, -0.25) is 0 Å². The lowest BCUT2D eigenvalue weighted by Gasteiger charge is -2.02. The van der Waals surface area contributed by atoms with Gasteiger partial charge in [-0.05, 0) is 37.1 Å². The Kier molecular flexibility index (Phi) is 1.95. The molecule has 1 aromatic carbocycles. The van der Waals surface area contributed by atoms with Gasteiger partial charge in [0.05, 0.1) is 7.11 Å². The molecule has 0 saturated heterocycles. The minimum atomic E-state index is 0.933. The summed E-state index contributed by atoms with van der Waals surface area (Å²) in [6, 6.07) is 6.08. The van der Waals surface area contributed by atoms with Crippen molar-refractivity contribution in [3.63, 3.8) is 0 Å². The minimum absolute atomic E-state index is 0.933. The Hall–Kier alpha value is -0.980. The van der Waals surface area contributed by atoms with Gasteiger partial charge >= 0.3 is 0 Å². The van der Waals surface area contributed by atoms with Crippen molar-refractivity contribution in [2.75, 3.05) is 7.11 Å². The molecule has 0 heterocycles. The van der Waals surface area contributed by atoms with Gasteiger partial charge < -0.3 is 4.74 Å². The summed E-state index contributed by atoms with van der Waals surface area (Å²) in [6.07, 6.45) is 0. The zero-order valence-corrected chi connectivity index (χ0v) is 6.64. The van der Waals surface area contributed by atoms with Crippen LogP contribution in [0.4, 0.5) is 0 Å². The number of rotatable bonds is 1. The Balaban J connectivity index is 3.04. The zero-order chi connectivity index (χ0) is 7.56. The monoisotopic (exact) mass is 136 g/mol. The first-order valence-electron chi connectivity index (χ1n) is 3.35. The first-order valence-corrected chi connectivity index (χ1v) is 3.35. The van der Waals surface area contributed by atoms with Crippen LogP contribution in [0.3, 0.4) is 0 Å². The molecule has 0 saturated carbocycles. The summed E-state index contributed by atoms with van der Waals surface area (Å²) in [6.45, 7) is 4.17. The number of aryl methyl sites for hydroxylation is 2. The van der Waals surface area contributed by atoms with Crippen LogP contribution in [0.2, 0.25) is 0 Å². The molecule has 0 N–H and O–H groups in total. The van der Waals surface area contributed by atoms with Crippen LogP contribution in [0.1, 0.15) is 11.1 Å². The maximum atomic E-state index is 5.05. The normalized spacial score (nSPS) is 9.50. The Morgan fingerprint density at radius 3 is 2.30 bits per heavy atom. The second-order valence-electron chi connectivity index (χ2n) is 2.45. The molecule has 0 aliphatic carbocycles. The highest BCUT2D eigenvalue weighted by molar-refractivity contribution is 5.33. The van der Waals surface area contributed by atoms with E-state index in [1.807, 2.05) is 12.1 Å². The van der Waals surface area contributed by atoms with Crippen LogP contribution in [0.5, 0.6) is 5.75 Å². The van der Waals surface area contributed by atoms with Crippen LogP contribution in [0, 0.1) is 13.8 Å². The van der Waals surface area contributed by atoms with Crippen LogP contribution in [0.25, 0.3) is 0 Å². The summed E-state index contributed by atoms with van der Waals surface area (Å²) in [5.41, 5.74) is 2.58. The van der Waals surface area contributed by atoms with Gasteiger partial charge in [0.1, 0.15) is 5.75 Å². The van der Waals surface area contributed by atoms with Crippen LogP contribution >= 0.6 is 0 Å². The molecule has 1 heteroatoms. The number of hydrogen-bond donors (Lipinski definition) is 0. The molecule has 0 spiro atoms. The zero-order valence-electron chi connectivity index (χ0n) is 6.64. The molecule has 0 unspecified atom stereocenters. The van der Waals surface area contributed by atoms with Crippen molar-refractivity contribution in [3.05, 3.63) is 29.3 Å². The van der Waals surface area contributed by atoms with E-state index in [0.717, 1.165) is 5.75 Å². The molecule has 0 fully saturated rings. The van der Waals surface area contributed by atoms with Crippen LogP contribution in [-0.4, -0.2) is 7.11 Å². The standard InChI is InChI=1S/C9H12O/c1-7-4-5-9(10-3)6-8(7)2/h4-6H,1-3H3. The molecule has 0 aliphatic heterocycles. The van der Waals surface area contributed by atoms with E-state index in [0.29, 0.717) is 0 Å². The van der Waals surface area contributed by atoms with Gasteiger partial charge in [0.2, 0.25) is 0 Å². The SMILES string of the molecule is COc1ccc(C)c(C)c1. The smallest absolute Gasteiger partial charge is 0.119 e. The number of ether oxygens (including phenoxy) is 1. The lowest BCUT2D eigenvalue weighted by Crippen LogP contribution is -1.85. The highest BCUT2D eigenvalue weighted by Crippen LogP contribution is 2.15. The number of hydrogen-bond acceptors (Lipinski definition) is 1. The molecule has 0 aromatic heterocycles. The number of benzene rings is 1. The van der Waals surface area contributed by atoms with Crippen LogP contribution in [0.15, 0.2) is 18.2 Å². The third-order valence-corrected chi connectivity index (χ3v) is 1.71. The average molecular weight is 136 g/mol. The number of methoxy groups -OCH3 is 1. The van der Waals surface area contributed by atoms with Gasteiger partial charge in [-0.2, -0.15) is 0 Å². The topological polar surface area (TPSA) is 9.23 Å². The molecule has 54 valence electrons. The Morgan fingerprint density at radius 2 is 1.80 bits per heavy atom. The molecular formula is C9H12O. The van der Waals surface area contributed by atoms with E-state index in [4.69, 9.17) is 4.74 Å². The first kappa shape index (κ1) is 7.13. The van der Waals surface area contributed by atoms with Crippen LogP contribution in [-0.2, 0) is 0 Å². The third-order valence-electron chi connectivity index (χ3n) is 1.71. The average Bonchev–Trinajstić information content (AvgIpc) is 1.95. The lowest BCUT2D eigenvalue weighted by molar-refractivity contribution is 0.414. The van der Waals surface area contributed by atoms with E-state index < -0.39 is 0 Å². The molecule has 0 radical (unpaired) electrons. The Labute approximate surface area is 61.6 Å². The maximum Gasteiger partial charge on any atom is 0.119 e. The van der Waals surface area contributed by atoms with Crippen molar-refractivity contribution in [3.8, 4) is 5.75 Å². The van der Waals surface area contributed by atoms with Gasteiger partial charge in [0.15, 0.2) is 0 Å². The minimum Gasteiger partial charge on any atom is -0.497 e. The van der Waals surface area contributed by atoms with Gasteiger partial charge in [-0.25, -0.2) is 0 Å². The van der Waals surface area contributed by atoms with E-state index in [9.17, 15) is 0 Å². The van der Waals surface area contributed by atoms with Gasteiger partial charge in [0, 0.05) is 0 Å². The highest BCUT2D eigenvalue weighted by atomic mass is 16.5. The van der Waals surface area contributed by atoms with Crippen LogP contribution < -0.4 is 4.74 Å². The molecule has 1 nitrogen and oxygen atoms in total. The second kappa shape index (κ2) is 2.74. The van der Waals surface area contributed by atoms with Gasteiger partial charge in [-0.15, -0.1) is 0 Å². The third kappa shape index (κ3) is 1.29. The molecule has 0 bridgehead atoms. The molecule has 0 amide bonds. The van der Waals surface area contributed by atoms with Crippen molar-refractivity contribution < 1.29 is 4.74 Å². The maximum absolute atomic E-state index is 5.05. The van der Waals surface area contributed by atoms with Gasteiger partial charge in [0.25, 0.3) is 0 Å². The molecular weight excluding hydrogens is 124 g/mol. The largest absolute Gasteiger partial charge is 0.497 e. The Bertz CT molecular complexity index is 228. The highest BCUT2D eigenvalue weighted by Gasteiger charge is 1.93. The quantitative estimate of drug-likeness (QED) is 0.575. The Morgan fingerprint density at radius 1 is 1.10 bits per heavy atom. The van der Waals surface area contributed by atoms with Crippen molar-refractivity contribution in [2.24, 2.45) is 0 Å². The summed E-state index contributed by atoms with van der Waals surface area (Å²) in [5, 5.41) is 0. The van der Waals surface area contributed by atoms with E-state index in [-0.39, 0.29) is 0 Å². The lowest BCUT2D eigenvalue weighted by atomic mass is 10.1. The van der Waals surface area contributed by atoms with E-state index in [1.54, 1.807) is 7.11 Å². The van der Waals surface area contributed by atoms with Gasteiger partial charge in [-0.1, -0.05) is 6.07 Å². The second-order valence-corrected chi connectivity index (χ2v) is 2.45. The molecule has 1 aromatic rings. The van der Waals surface area contributed by atoms with Crippen molar-refractivity contribution in [1.82, 2.24) is 0 Å². The molecule has 0 atom stereocenters. The van der Waals surface area contributed by atoms with Crippen molar-refractivity contribution >= 4 is 0 Å². The molecule has 10 heavy (non-hydrogen) atoms. The fraction of sp³-hybridized carbons (Fsp3) is 0.333. The van der Waals surface area contributed by atoms with Crippen molar-refractivity contribution in [1.29, 1.82) is 0 Å². The summed E-state index contributed by atoms with van der Waals surface area (Å²) in [5.74, 6) is 0.933. The fourth-order valence-electron chi connectivity index (χ4n) is 0.841. The summed E-state index contributed by atoms with van der Waals surface area (Å²) < 4.78 is 5.05. The summed E-state index contributed by atoms with van der Waals surface area (Å²) in [4.78, 5) is 0. The summed E-state index contributed by atoms with van der Waals surface area (Å²) in [7, 11) is 1.68. The van der Waals surface area contributed by atoms with E-state index in [2.05, 4.69) is 19.9 Å². The predicted octanol–water partition coefficient (Wildman–Crippen LogP) is 2.31. The van der Waals surface area contributed by atoms with E-state index in [1.165, 1.54) is 11.1 Å². The molecule has 1 rings (SSSR count). The predicted molar refractivity (Wildman–Crippen MR) is 42.5 cm³/mol. The molecule has 0 aliphatic rings. The first-order chi connectivity index (χ1) is 4.74. The van der Waals surface area contributed by atoms with E-state index >= 15 is 0 Å². The summed E-state index contributed by atoms with van der Waals surface area (Å²) >= 11 is 0. The fourth-order valence-corrected chi connectivity index (χ4v) is 0.841. The van der Waals surface area contributed by atoms with Crippen molar-refractivity contribution in [2.45, 2.75) is 13.8 Å².